The predicted octanol–water partition coefficient (Wildman–Crippen LogP) is 5.97. The minimum absolute atomic E-state index is 0.0838. The van der Waals surface area contributed by atoms with Crippen LogP contribution in [0.2, 0.25) is 5.02 Å². The summed E-state index contributed by atoms with van der Waals surface area (Å²) >= 11 is 6.14. The maximum absolute atomic E-state index is 12.8. The van der Waals surface area contributed by atoms with E-state index in [0.717, 1.165) is 27.4 Å². The van der Waals surface area contributed by atoms with Crippen molar-refractivity contribution < 1.29 is 9.90 Å². The normalized spacial score (nSPS) is 11.4. The maximum atomic E-state index is 12.8. The Balaban J connectivity index is 1.43. The average molecular weight is 454 g/mol. The highest BCUT2D eigenvalue weighted by molar-refractivity contribution is 6.30. The van der Waals surface area contributed by atoms with Gasteiger partial charge in [0.1, 0.15) is 5.75 Å². The van der Waals surface area contributed by atoms with Crippen LogP contribution in [0, 0.1) is 0 Å². The van der Waals surface area contributed by atoms with Crippen LogP contribution in [0.1, 0.15) is 21.5 Å². The summed E-state index contributed by atoms with van der Waals surface area (Å²) in [4.78, 5) is 12.8. The SMILES string of the molecule is O=C(N/N=C/c1cn(Cc2cccc(Cl)c2)c2ccccc12)c1c(O)ccc2ccccc12. The highest BCUT2D eigenvalue weighted by Crippen LogP contribution is 2.27. The molecule has 0 saturated heterocycles. The zero-order valence-corrected chi connectivity index (χ0v) is 18.3. The van der Waals surface area contributed by atoms with E-state index >= 15 is 0 Å². The number of nitrogens with one attached hydrogen (secondary N) is 1. The second-order valence-corrected chi connectivity index (χ2v) is 8.18. The molecule has 4 aromatic carbocycles. The first kappa shape index (κ1) is 20.8. The van der Waals surface area contributed by atoms with Crippen LogP contribution in [-0.4, -0.2) is 21.8 Å². The van der Waals surface area contributed by atoms with E-state index < -0.39 is 5.91 Å². The standard InChI is InChI=1S/C27H20ClN3O2/c28-21-8-5-6-18(14-21)16-31-17-20(22-9-3-4-11-24(22)31)15-29-30-27(33)26-23-10-2-1-7-19(23)12-13-25(26)32/h1-15,17,32H,16H2,(H,30,33)/b29-15+. The molecule has 0 aliphatic carbocycles. The monoisotopic (exact) mass is 453 g/mol. The Morgan fingerprint density at radius 1 is 0.970 bits per heavy atom. The van der Waals surface area contributed by atoms with Crippen LogP contribution in [-0.2, 0) is 6.54 Å². The van der Waals surface area contributed by atoms with E-state index in [-0.39, 0.29) is 11.3 Å². The summed E-state index contributed by atoms with van der Waals surface area (Å²) < 4.78 is 2.13. The lowest BCUT2D eigenvalue weighted by Gasteiger charge is -2.07. The molecule has 0 aliphatic heterocycles. The molecule has 33 heavy (non-hydrogen) atoms. The third-order valence-electron chi connectivity index (χ3n) is 5.57. The Bertz CT molecular complexity index is 1520. The van der Waals surface area contributed by atoms with Crippen molar-refractivity contribution in [3.63, 3.8) is 0 Å². The van der Waals surface area contributed by atoms with Gasteiger partial charge in [0, 0.05) is 34.2 Å². The number of phenolic OH excluding ortho intramolecular Hbond substituents is 1. The summed E-state index contributed by atoms with van der Waals surface area (Å²) in [6.07, 6.45) is 3.62. The summed E-state index contributed by atoms with van der Waals surface area (Å²) in [5, 5.41) is 17.7. The van der Waals surface area contributed by atoms with Crippen LogP contribution in [0.25, 0.3) is 21.7 Å². The fourth-order valence-electron chi connectivity index (χ4n) is 4.06. The maximum Gasteiger partial charge on any atom is 0.275 e. The Morgan fingerprint density at radius 2 is 1.76 bits per heavy atom. The van der Waals surface area contributed by atoms with Crippen LogP contribution >= 0.6 is 11.6 Å². The molecular weight excluding hydrogens is 434 g/mol. The van der Waals surface area contributed by atoms with Gasteiger partial charge in [0.2, 0.25) is 0 Å². The van der Waals surface area contributed by atoms with E-state index in [1.54, 1.807) is 18.3 Å². The van der Waals surface area contributed by atoms with Crippen LogP contribution in [0.3, 0.4) is 0 Å². The van der Waals surface area contributed by atoms with Crippen LogP contribution in [0.4, 0.5) is 0 Å². The predicted molar refractivity (Wildman–Crippen MR) is 133 cm³/mol. The first-order valence-corrected chi connectivity index (χ1v) is 10.8. The molecule has 0 bridgehead atoms. The quantitative estimate of drug-likeness (QED) is 0.254. The third kappa shape index (κ3) is 4.19. The fourth-order valence-corrected chi connectivity index (χ4v) is 4.27. The smallest absolute Gasteiger partial charge is 0.275 e. The van der Waals surface area contributed by atoms with Gasteiger partial charge in [0.25, 0.3) is 5.91 Å². The molecule has 5 rings (SSSR count). The first-order valence-electron chi connectivity index (χ1n) is 10.5. The van der Waals surface area contributed by atoms with Crippen molar-refractivity contribution >= 4 is 45.4 Å². The van der Waals surface area contributed by atoms with Crippen LogP contribution in [0.5, 0.6) is 5.75 Å². The first-order chi connectivity index (χ1) is 16.1. The molecule has 1 heterocycles. The van der Waals surface area contributed by atoms with Crippen molar-refractivity contribution in [3.8, 4) is 5.75 Å². The Hall–Kier alpha value is -4.09. The average Bonchev–Trinajstić information content (AvgIpc) is 3.16. The molecule has 0 saturated carbocycles. The second-order valence-electron chi connectivity index (χ2n) is 7.74. The number of para-hydroxylation sites is 1. The molecule has 0 atom stereocenters. The fraction of sp³-hybridized carbons (Fsp3) is 0.0370. The lowest BCUT2D eigenvalue weighted by molar-refractivity contribution is 0.0954. The summed E-state index contributed by atoms with van der Waals surface area (Å²) in [5.74, 6) is -0.553. The van der Waals surface area contributed by atoms with Gasteiger partial charge in [-0.15, -0.1) is 0 Å². The molecule has 2 N–H and O–H groups in total. The Morgan fingerprint density at radius 3 is 2.61 bits per heavy atom. The third-order valence-corrected chi connectivity index (χ3v) is 5.80. The van der Waals surface area contributed by atoms with Gasteiger partial charge in [0.05, 0.1) is 11.8 Å². The molecule has 162 valence electrons. The molecule has 1 aromatic heterocycles. The zero-order chi connectivity index (χ0) is 22.8. The molecule has 6 heteroatoms. The summed E-state index contributed by atoms with van der Waals surface area (Å²) in [7, 11) is 0. The number of amides is 1. The summed E-state index contributed by atoms with van der Waals surface area (Å²) in [5.41, 5.74) is 5.77. The highest BCUT2D eigenvalue weighted by Gasteiger charge is 2.15. The molecule has 0 radical (unpaired) electrons. The molecule has 0 spiro atoms. The van der Waals surface area contributed by atoms with Crippen molar-refractivity contribution in [1.82, 2.24) is 9.99 Å². The number of fused-ring (bicyclic) bond motifs is 2. The number of carbonyl (C=O) groups is 1. The summed E-state index contributed by atoms with van der Waals surface area (Å²) in [6.45, 7) is 0.658. The number of aromatic nitrogens is 1. The largest absolute Gasteiger partial charge is 0.507 e. The number of hydrogen-bond acceptors (Lipinski definition) is 3. The molecule has 0 aliphatic rings. The molecule has 0 fully saturated rings. The van der Waals surface area contributed by atoms with Crippen molar-refractivity contribution in [2.75, 3.05) is 0 Å². The lowest BCUT2D eigenvalue weighted by Crippen LogP contribution is -2.18. The van der Waals surface area contributed by atoms with E-state index in [9.17, 15) is 9.90 Å². The van der Waals surface area contributed by atoms with E-state index in [0.29, 0.717) is 17.0 Å². The zero-order valence-electron chi connectivity index (χ0n) is 17.6. The van der Waals surface area contributed by atoms with E-state index in [2.05, 4.69) is 15.1 Å². The van der Waals surface area contributed by atoms with Crippen molar-refractivity contribution in [2.45, 2.75) is 6.54 Å². The van der Waals surface area contributed by atoms with Gasteiger partial charge >= 0.3 is 0 Å². The van der Waals surface area contributed by atoms with Crippen molar-refractivity contribution in [1.29, 1.82) is 0 Å². The van der Waals surface area contributed by atoms with E-state index in [1.807, 2.05) is 72.9 Å². The molecule has 5 nitrogen and oxygen atoms in total. The van der Waals surface area contributed by atoms with Gasteiger partial charge in [-0.05, 0) is 40.6 Å². The summed E-state index contributed by atoms with van der Waals surface area (Å²) in [6, 6.07) is 26.5. The Labute approximate surface area is 195 Å². The van der Waals surface area contributed by atoms with Gasteiger partial charge in [-0.3, -0.25) is 4.79 Å². The number of nitrogens with zero attached hydrogens (tertiary/aromatic N) is 2. The highest BCUT2D eigenvalue weighted by atomic mass is 35.5. The Kier molecular flexibility index (Phi) is 5.55. The minimum atomic E-state index is -0.469. The number of carbonyl (C=O) groups excluding carboxylic acids is 1. The number of halogens is 1. The molecular formula is C27H20ClN3O2. The second kappa shape index (κ2) is 8.81. The van der Waals surface area contributed by atoms with Gasteiger partial charge in [-0.2, -0.15) is 5.10 Å². The van der Waals surface area contributed by atoms with Crippen LogP contribution in [0.15, 0.2) is 96.2 Å². The minimum Gasteiger partial charge on any atom is -0.507 e. The van der Waals surface area contributed by atoms with Gasteiger partial charge < -0.3 is 9.67 Å². The van der Waals surface area contributed by atoms with Gasteiger partial charge in [0.15, 0.2) is 0 Å². The molecule has 0 unspecified atom stereocenters. The number of aromatic hydroxyl groups is 1. The van der Waals surface area contributed by atoms with Gasteiger partial charge in [-0.25, -0.2) is 5.43 Å². The van der Waals surface area contributed by atoms with E-state index in [1.165, 1.54) is 6.07 Å². The number of rotatable bonds is 5. The number of hydrogen-bond donors (Lipinski definition) is 2. The van der Waals surface area contributed by atoms with Crippen LogP contribution < -0.4 is 5.43 Å². The number of phenols is 1. The topological polar surface area (TPSA) is 66.6 Å². The molecule has 1 amide bonds. The number of hydrazone groups is 1. The van der Waals surface area contributed by atoms with Gasteiger partial charge in [-0.1, -0.05) is 72.3 Å². The molecule has 5 aromatic rings. The van der Waals surface area contributed by atoms with Crippen molar-refractivity contribution in [2.24, 2.45) is 5.10 Å². The van der Waals surface area contributed by atoms with Crippen molar-refractivity contribution in [3.05, 3.63) is 113 Å². The number of benzene rings is 4. The van der Waals surface area contributed by atoms with E-state index in [4.69, 9.17) is 11.6 Å². The lowest BCUT2D eigenvalue weighted by atomic mass is 10.0.